The number of benzene rings is 2. The normalized spacial score (nSPS) is 22.9. The summed E-state index contributed by atoms with van der Waals surface area (Å²) in [4.78, 5) is 15.0. The molecule has 1 fully saturated rings. The molecule has 2 aromatic rings. The number of ether oxygens (including phenoxy) is 2. The Bertz CT molecular complexity index is 902. The van der Waals surface area contributed by atoms with E-state index in [1.165, 1.54) is 0 Å². The summed E-state index contributed by atoms with van der Waals surface area (Å²) in [6.45, 7) is 12.7. The van der Waals surface area contributed by atoms with Crippen LogP contribution in [0.3, 0.4) is 0 Å². The molecule has 0 radical (unpaired) electrons. The molecule has 0 saturated carbocycles. The van der Waals surface area contributed by atoms with Gasteiger partial charge in [0, 0.05) is 20.1 Å². The van der Waals surface area contributed by atoms with Crippen LogP contribution in [0.25, 0.3) is 10.8 Å². The third-order valence-corrected chi connectivity index (χ3v) is 6.15. The lowest BCUT2D eigenvalue weighted by molar-refractivity contribution is -0.230. The fourth-order valence-electron chi connectivity index (χ4n) is 4.21. The predicted octanol–water partition coefficient (Wildman–Crippen LogP) is 6.11. The van der Waals surface area contributed by atoms with Gasteiger partial charge in [0.15, 0.2) is 14.1 Å². The van der Waals surface area contributed by atoms with Crippen LogP contribution in [0, 0.1) is 0 Å². The summed E-state index contributed by atoms with van der Waals surface area (Å²) >= 11 is 0. The SMILES string of the molecule is COC1(O[Si](C)(C)C)CCCN(C(=O)OC(C)(C)C)C1c1ccc2ccccc2c1. The second kappa shape index (κ2) is 8.33. The van der Waals surface area contributed by atoms with Crippen molar-refractivity contribution in [2.75, 3.05) is 13.7 Å². The van der Waals surface area contributed by atoms with E-state index < -0.39 is 19.7 Å². The van der Waals surface area contributed by atoms with Crippen molar-refractivity contribution in [3.05, 3.63) is 48.0 Å². The Hall–Kier alpha value is -1.89. The first-order chi connectivity index (χ1) is 13.9. The molecule has 1 heterocycles. The summed E-state index contributed by atoms with van der Waals surface area (Å²) in [5, 5.41) is 2.29. The highest BCUT2D eigenvalue weighted by molar-refractivity contribution is 6.69. The van der Waals surface area contributed by atoms with Crippen molar-refractivity contribution >= 4 is 25.2 Å². The smallest absolute Gasteiger partial charge is 0.410 e. The highest BCUT2D eigenvalue weighted by Gasteiger charge is 2.51. The second-order valence-electron chi connectivity index (χ2n) is 10.0. The first-order valence-electron chi connectivity index (χ1n) is 10.7. The highest BCUT2D eigenvalue weighted by atomic mass is 28.4. The first-order valence-corrected chi connectivity index (χ1v) is 14.1. The highest BCUT2D eigenvalue weighted by Crippen LogP contribution is 2.45. The molecule has 2 aromatic carbocycles. The van der Waals surface area contributed by atoms with Gasteiger partial charge in [-0.25, -0.2) is 4.79 Å². The number of likely N-dealkylation sites (tertiary alicyclic amines) is 1. The molecule has 1 aliphatic heterocycles. The van der Waals surface area contributed by atoms with E-state index in [1.807, 2.05) is 32.9 Å². The lowest BCUT2D eigenvalue weighted by Crippen LogP contribution is -2.58. The van der Waals surface area contributed by atoms with E-state index in [9.17, 15) is 4.79 Å². The molecule has 164 valence electrons. The Morgan fingerprint density at radius 3 is 2.37 bits per heavy atom. The molecular formula is C24H35NO4Si. The van der Waals surface area contributed by atoms with E-state index in [4.69, 9.17) is 13.9 Å². The number of hydrogen-bond acceptors (Lipinski definition) is 4. The summed E-state index contributed by atoms with van der Waals surface area (Å²) in [6.07, 6.45) is 1.19. The maximum Gasteiger partial charge on any atom is 0.410 e. The van der Waals surface area contributed by atoms with Crippen molar-refractivity contribution < 1.29 is 18.7 Å². The fourth-order valence-corrected chi connectivity index (χ4v) is 5.54. The van der Waals surface area contributed by atoms with Gasteiger partial charge in [0.2, 0.25) is 0 Å². The second-order valence-corrected chi connectivity index (χ2v) is 14.4. The van der Waals surface area contributed by atoms with Gasteiger partial charge in [-0.05, 0) is 69.2 Å². The van der Waals surface area contributed by atoms with Crippen LogP contribution >= 0.6 is 0 Å². The van der Waals surface area contributed by atoms with Crippen molar-refractivity contribution in [2.24, 2.45) is 0 Å². The number of hydrogen-bond donors (Lipinski definition) is 0. The molecule has 0 aliphatic carbocycles. The van der Waals surface area contributed by atoms with Crippen molar-refractivity contribution in [1.29, 1.82) is 0 Å². The predicted molar refractivity (Wildman–Crippen MR) is 123 cm³/mol. The lowest BCUT2D eigenvalue weighted by atomic mass is 9.88. The summed E-state index contributed by atoms with van der Waals surface area (Å²) < 4.78 is 18.6. The molecule has 30 heavy (non-hydrogen) atoms. The number of rotatable bonds is 4. The van der Waals surface area contributed by atoms with Crippen LogP contribution in [0.5, 0.6) is 0 Å². The monoisotopic (exact) mass is 429 g/mol. The molecule has 3 rings (SSSR count). The molecule has 0 spiro atoms. The number of nitrogens with zero attached hydrogens (tertiary/aromatic N) is 1. The number of methoxy groups -OCH3 is 1. The van der Waals surface area contributed by atoms with Crippen molar-refractivity contribution in [1.82, 2.24) is 4.90 Å². The van der Waals surface area contributed by atoms with Gasteiger partial charge in [-0.3, -0.25) is 4.90 Å². The minimum atomic E-state index is -1.98. The zero-order valence-corrected chi connectivity index (χ0v) is 20.3. The minimum absolute atomic E-state index is 0.332. The van der Waals surface area contributed by atoms with E-state index in [1.54, 1.807) is 12.0 Å². The molecular weight excluding hydrogens is 394 g/mol. The number of carbonyl (C=O) groups is 1. The first kappa shape index (κ1) is 22.8. The van der Waals surface area contributed by atoms with Gasteiger partial charge in [0.05, 0.1) is 0 Å². The average molecular weight is 430 g/mol. The molecule has 0 N–H and O–H groups in total. The maximum atomic E-state index is 13.2. The Morgan fingerprint density at radius 1 is 1.10 bits per heavy atom. The van der Waals surface area contributed by atoms with Crippen LogP contribution in [0.2, 0.25) is 19.6 Å². The molecule has 1 saturated heterocycles. The Kier molecular flexibility index (Phi) is 6.32. The molecule has 6 heteroatoms. The standard InChI is InChI=1S/C24H35NO4Si/c1-23(2,3)28-22(26)25-16-10-15-24(27-4,29-30(5,6)7)21(25)20-14-13-18-11-8-9-12-19(18)17-20/h8-9,11-14,17,21H,10,15-16H2,1-7H3. The largest absolute Gasteiger partial charge is 0.444 e. The number of amides is 1. The van der Waals surface area contributed by atoms with Gasteiger partial charge in [-0.1, -0.05) is 36.4 Å². The molecule has 1 amide bonds. The summed E-state index contributed by atoms with van der Waals surface area (Å²) in [6, 6.07) is 14.2. The minimum Gasteiger partial charge on any atom is -0.444 e. The van der Waals surface area contributed by atoms with E-state index in [2.05, 4.69) is 50.0 Å². The quantitative estimate of drug-likeness (QED) is 0.435. The van der Waals surface area contributed by atoms with Gasteiger partial charge in [-0.2, -0.15) is 0 Å². The van der Waals surface area contributed by atoms with Crippen LogP contribution in [0.1, 0.15) is 45.2 Å². The topological polar surface area (TPSA) is 48.0 Å². The number of fused-ring (bicyclic) bond motifs is 1. The maximum absolute atomic E-state index is 13.2. The van der Waals surface area contributed by atoms with Gasteiger partial charge in [0.25, 0.3) is 0 Å². The molecule has 1 aliphatic rings. The molecule has 0 aromatic heterocycles. The van der Waals surface area contributed by atoms with Crippen molar-refractivity contribution in [2.45, 2.75) is 70.7 Å². The van der Waals surface area contributed by atoms with E-state index >= 15 is 0 Å². The van der Waals surface area contributed by atoms with Crippen molar-refractivity contribution in [3.63, 3.8) is 0 Å². The molecule has 5 nitrogen and oxygen atoms in total. The molecule has 2 atom stereocenters. The third kappa shape index (κ3) is 5.05. The van der Waals surface area contributed by atoms with Gasteiger partial charge >= 0.3 is 6.09 Å². The van der Waals surface area contributed by atoms with Gasteiger partial charge in [0.1, 0.15) is 11.6 Å². The average Bonchev–Trinajstić information content (AvgIpc) is 2.64. The van der Waals surface area contributed by atoms with Gasteiger partial charge in [-0.15, -0.1) is 0 Å². The Balaban J connectivity index is 2.12. The fraction of sp³-hybridized carbons (Fsp3) is 0.542. The van der Waals surface area contributed by atoms with Crippen LogP contribution < -0.4 is 0 Å². The summed E-state index contributed by atoms with van der Waals surface area (Å²) in [5.41, 5.74) is 0.428. The van der Waals surface area contributed by atoms with Crippen LogP contribution in [-0.4, -0.2) is 44.4 Å². The van der Waals surface area contributed by atoms with Crippen LogP contribution in [0.15, 0.2) is 42.5 Å². The number of piperidine rings is 1. The van der Waals surface area contributed by atoms with E-state index in [0.29, 0.717) is 6.54 Å². The lowest BCUT2D eigenvalue weighted by Gasteiger charge is -2.50. The zero-order valence-electron chi connectivity index (χ0n) is 19.3. The van der Waals surface area contributed by atoms with E-state index in [-0.39, 0.29) is 12.1 Å². The van der Waals surface area contributed by atoms with Crippen LogP contribution in [-0.2, 0) is 13.9 Å². The molecule has 2 unspecified atom stereocenters. The van der Waals surface area contributed by atoms with Gasteiger partial charge < -0.3 is 13.9 Å². The van der Waals surface area contributed by atoms with E-state index in [0.717, 1.165) is 29.2 Å². The third-order valence-electron chi connectivity index (χ3n) is 5.19. The molecule has 0 bridgehead atoms. The summed E-state index contributed by atoms with van der Waals surface area (Å²) in [5.74, 6) is -0.901. The van der Waals surface area contributed by atoms with Crippen LogP contribution in [0.4, 0.5) is 4.79 Å². The zero-order chi connectivity index (χ0) is 22.2. The Labute approximate surface area is 181 Å². The summed E-state index contributed by atoms with van der Waals surface area (Å²) in [7, 11) is -0.294. The Morgan fingerprint density at radius 2 is 1.77 bits per heavy atom. The van der Waals surface area contributed by atoms with Crippen molar-refractivity contribution in [3.8, 4) is 0 Å². The number of carbonyl (C=O) groups excluding carboxylic acids is 1.